The number of carboxylic acids is 1. The van der Waals surface area contributed by atoms with Crippen molar-refractivity contribution in [3.8, 4) is 0 Å². The maximum absolute atomic E-state index is 10.7. The number of hydrogen-bond acceptors (Lipinski definition) is 3. The van der Waals surface area contributed by atoms with Gasteiger partial charge in [0.2, 0.25) is 0 Å². The molecule has 0 bridgehead atoms. The molecule has 1 aromatic rings. The second-order valence-electron chi connectivity index (χ2n) is 2.71. The first kappa shape index (κ1) is 9.73. The second kappa shape index (κ2) is 4.04. The van der Waals surface area contributed by atoms with Gasteiger partial charge < -0.3 is 15.4 Å². The Balaban J connectivity index is 2.85. The summed E-state index contributed by atoms with van der Waals surface area (Å²) in [5.41, 5.74) is 0.941. The molecular formula is C8H13N3O2. The number of rotatable bonds is 4. The molecular weight excluding hydrogens is 170 g/mol. The minimum atomic E-state index is -0.931. The maximum Gasteiger partial charge on any atom is 0.328 e. The zero-order valence-corrected chi connectivity index (χ0v) is 7.66. The number of carbonyl (C=O) groups is 1. The SMILES string of the molecule is CCc1cnc(C(NC)C(=O)O)[nH]1. The summed E-state index contributed by atoms with van der Waals surface area (Å²) >= 11 is 0. The molecule has 1 atom stereocenters. The van der Waals surface area contributed by atoms with E-state index in [1.165, 1.54) is 0 Å². The van der Waals surface area contributed by atoms with Gasteiger partial charge in [0.25, 0.3) is 0 Å². The molecule has 1 unspecified atom stereocenters. The summed E-state index contributed by atoms with van der Waals surface area (Å²) in [5.74, 6) is -0.480. The highest BCUT2D eigenvalue weighted by Gasteiger charge is 2.20. The molecule has 0 amide bonds. The summed E-state index contributed by atoms with van der Waals surface area (Å²) in [4.78, 5) is 17.6. The van der Waals surface area contributed by atoms with Crippen LogP contribution in [0, 0.1) is 0 Å². The predicted molar refractivity (Wildman–Crippen MR) is 47.4 cm³/mol. The molecule has 0 radical (unpaired) electrons. The van der Waals surface area contributed by atoms with Crippen LogP contribution in [0.25, 0.3) is 0 Å². The Labute approximate surface area is 76.2 Å². The zero-order chi connectivity index (χ0) is 9.84. The summed E-state index contributed by atoms with van der Waals surface area (Å²) in [6, 6.07) is -0.750. The van der Waals surface area contributed by atoms with Gasteiger partial charge in [-0.25, -0.2) is 4.98 Å². The first-order chi connectivity index (χ1) is 6.19. The van der Waals surface area contributed by atoms with E-state index in [9.17, 15) is 4.79 Å². The number of H-pyrrole nitrogens is 1. The van der Waals surface area contributed by atoms with Crippen LogP contribution in [0.5, 0.6) is 0 Å². The number of hydrogen-bond donors (Lipinski definition) is 3. The molecule has 0 saturated heterocycles. The van der Waals surface area contributed by atoms with Crippen molar-refractivity contribution in [3.63, 3.8) is 0 Å². The highest BCUT2D eigenvalue weighted by Crippen LogP contribution is 2.08. The van der Waals surface area contributed by atoms with Gasteiger partial charge in [-0.2, -0.15) is 0 Å². The Kier molecular flexibility index (Phi) is 3.02. The van der Waals surface area contributed by atoms with E-state index in [0.717, 1.165) is 12.1 Å². The summed E-state index contributed by atoms with van der Waals surface area (Å²) in [6.07, 6.45) is 2.48. The highest BCUT2D eigenvalue weighted by atomic mass is 16.4. The lowest BCUT2D eigenvalue weighted by Crippen LogP contribution is -2.26. The largest absolute Gasteiger partial charge is 0.480 e. The second-order valence-corrected chi connectivity index (χ2v) is 2.71. The standard InChI is InChI=1S/C8H13N3O2/c1-3-5-4-10-7(11-5)6(9-2)8(12)13/h4,6,9H,3H2,1-2H3,(H,10,11)(H,12,13). The van der Waals surface area contributed by atoms with Gasteiger partial charge in [-0.05, 0) is 13.5 Å². The smallest absolute Gasteiger partial charge is 0.328 e. The number of likely N-dealkylation sites (N-methyl/N-ethyl adjacent to an activating group) is 1. The fourth-order valence-corrected chi connectivity index (χ4v) is 1.08. The lowest BCUT2D eigenvalue weighted by molar-refractivity contribution is -0.139. The van der Waals surface area contributed by atoms with Gasteiger partial charge in [-0.1, -0.05) is 6.92 Å². The Hall–Kier alpha value is -1.36. The van der Waals surface area contributed by atoms with Crippen molar-refractivity contribution in [2.75, 3.05) is 7.05 Å². The van der Waals surface area contributed by atoms with Crippen molar-refractivity contribution < 1.29 is 9.90 Å². The Morgan fingerprint density at radius 2 is 2.54 bits per heavy atom. The third-order valence-electron chi connectivity index (χ3n) is 1.84. The third-order valence-corrected chi connectivity index (χ3v) is 1.84. The molecule has 5 nitrogen and oxygen atoms in total. The molecule has 1 aromatic heterocycles. The molecule has 1 rings (SSSR count). The molecule has 13 heavy (non-hydrogen) atoms. The van der Waals surface area contributed by atoms with Crippen LogP contribution in [-0.4, -0.2) is 28.1 Å². The van der Waals surface area contributed by atoms with Crippen molar-refractivity contribution in [3.05, 3.63) is 17.7 Å². The molecule has 3 N–H and O–H groups in total. The fraction of sp³-hybridized carbons (Fsp3) is 0.500. The van der Waals surface area contributed by atoms with E-state index in [0.29, 0.717) is 5.82 Å². The molecule has 0 aromatic carbocycles. The summed E-state index contributed by atoms with van der Waals surface area (Å²) in [5, 5.41) is 11.4. The molecule has 1 heterocycles. The Morgan fingerprint density at radius 1 is 1.85 bits per heavy atom. The lowest BCUT2D eigenvalue weighted by atomic mass is 10.3. The van der Waals surface area contributed by atoms with Crippen LogP contribution in [0.4, 0.5) is 0 Å². The zero-order valence-electron chi connectivity index (χ0n) is 7.66. The number of carboxylic acid groups (broad SMARTS) is 1. The highest BCUT2D eigenvalue weighted by molar-refractivity contribution is 5.74. The van der Waals surface area contributed by atoms with E-state index < -0.39 is 12.0 Å². The van der Waals surface area contributed by atoms with Crippen LogP contribution in [0.2, 0.25) is 0 Å². The number of imidazole rings is 1. The molecule has 5 heteroatoms. The van der Waals surface area contributed by atoms with Gasteiger partial charge in [-0.3, -0.25) is 4.79 Å². The number of aryl methyl sites for hydroxylation is 1. The van der Waals surface area contributed by atoms with Crippen molar-refractivity contribution in [2.45, 2.75) is 19.4 Å². The number of nitrogens with one attached hydrogen (secondary N) is 2. The van der Waals surface area contributed by atoms with Crippen molar-refractivity contribution in [1.29, 1.82) is 0 Å². The van der Waals surface area contributed by atoms with Crippen LogP contribution < -0.4 is 5.32 Å². The average Bonchev–Trinajstić information content (AvgIpc) is 2.53. The van der Waals surface area contributed by atoms with Gasteiger partial charge >= 0.3 is 5.97 Å². The predicted octanol–water partition coefficient (Wildman–Crippen LogP) is 0.317. The van der Waals surface area contributed by atoms with E-state index in [4.69, 9.17) is 5.11 Å². The normalized spacial score (nSPS) is 12.8. The number of aliphatic carboxylic acids is 1. The van der Waals surface area contributed by atoms with Crippen LogP contribution >= 0.6 is 0 Å². The molecule has 0 aliphatic carbocycles. The first-order valence-electron chi connectivity index (χ1n) is 4.12. The van der Waals surface area contributed by atoms with Crippen molar-refractivity contribution in [1.82, 2.24) is 15.3 Å². The number of aromatic nitrogens is 2. The van der Waals surface area contributed by atoms with Crippen LogP contribution in [0.3, 0.4) is 0 Å². The van der Waals surface area contributed by atoms with E-state index >= 15 is 0 Å². The van der Waals surface area contributed by atoms with Crippen molar-refractivity contribution >= 4 is 5.97 Å². The van der Waals surface area contributed by atoms with E-state index in [1.807, 2.05) is 6.92 Å². The molecule has 0 fully saturated rings. The summed E-state index contributed by atoms with van der Waals surface area (Å²) in [7, 11) is 1.59. The van der Waals surface area contributed by atoms with Crippen LogP contribution in [0.15, 0.2) is 6.20 Å². The van der Waals surface area contributed by atoms with Gasteiger partial charge in [0, 0.05) is 11.9 Å². The van der Waals surface area contributed by atoms with Crippen LogP contribution in [-0.2, 0) is 11.2 Å². The van der Waals surface area contributed by atoms with Gasteiger partial charge in [-0.15, -0.1) is 0 Å². The van der Waals surface area contributed by atoms with Crippen LogP contribution in [0.1, 0.15) is 24.5 Å². The number of nitrogens with zero attached hydrogens (tertiary/aromatic N) is 1. The van der Waals surface area contributed by atoms with Gasteiger partial charge in [0.05, 0.1) is 0 Å². The van der Waals surface area contributed by atoms with Gasteiger partial charge in [0.1, 0.15) is 5.82 Å². The minimum absolute atomic E-state index is 0.451. The molecule has 0 aliphatic rings. The van der Waals surface area contributed by atoms with Crippen molar-refractivity contribution in [2.24, 2.45) is 0 Å². The molecule has 72 valence electrons. The Bertz CT molecular complexity index is 295. The topological polar surface area (TPSA) is 78.0 Å². The maximum atomic E-state index is 10.7. The van der Waals surface area contributed by atoms with E-state index in [-0.39, 0.29) is 0 Å². The fourth-order valence-electron chi connectivity index (χ4n) is 1.08. The quantitative estimate of drug-likeness (QED) is 0.628. The number of aromatic amines is 1. The van der Waals surface area contributed by atoms with Gasteiger partial charge in [0.15, 0.2) is 6.04 Å². The third kappa shape index (κ3) is 2.06. The molecule has 0 saturated carbocycles. The lowest BCUT2D eigenvalue weighted by Gasteiger charge is -2.06. The van der Waals surface area contributed by atoms with E-state index in [2.05, 4.69) is 15.3 Å². The Morgan fingerprint density at radius 3 is 2.92 bits per heavy atom. The molecule has 0 spiro atoms. The average molecular weight is 183 g/mol. The monoisotopic (exact) mass is 183 g/mol. The van der Waals surface area contributed by atoms with E-state index in [1.54, 1.807) is 13.2 Å². The molecule has 0 aliphatic heterocycles. The summed E-state index contributed by atoms with van der Waals surface area (Å²) in [6.45, 7) is 1.98. The first-order valence-corrected chi connectivity index (χ1v) is 4.12. The minimum Gasteiger partial charge on any atom is -0.480 e. The summed E-state index contributed by atoms with van der Waals surface area (Å²) < 4.78 is 0.